The summed E-state index contributed by atoms with van der Waals surface area (Å²) in [5.41, 5.74) is -1.01. The standard InChI is InChI=1S/C35H34BrClF3N3O4S/c1-34(2,3)41-33(45)31(20-24-11-6-4-7-12-24)42(22-25-13-10-14-26(36)19-25)32(44)23-43(48(46,47)28-15-8-5-9-16-28)27-17-18-30(37)29(21-27)35(38,39)40/h4-19,21,31H,20,22-23H2,1-3H3,(H,41,45)/t31-/m0/s1. The summed E-state index contributed by atoms with van der Waals surface area (Å²) in [6.07, 6.45) is -4.83. The number of rotatable bonds is 11. The fourth-order valence-corrected chi connectivity index (χ4v) is 7.07. The van der Waals surface area contributed by atoms with E-state index >= 15 is 0 Å². The van der Waals surface area contributed by atoms with Crippen molar-refractivity contribution in [1.82, 2.24) is 10.2 Å². The van der Waals surface area contributed by atoms with Crippen molar-refractivity contribution in [1.29, 1.82) is 0 Å². The molecule has 0 aliphatic carbocycles. The van der Waals surface area contributed by atoms with E-state index in [0.29, 0.717) is 20.4 Å². The molecule has 0 saturated carbocycles. The predicted molar refractivity (Wildman–Crippen MR) is 184 cm³/mol. The van der Waals surface area contributed by atoms with Crippen LogP contribution in [-0.4, -0.2) is 43.3 Å². The molecule has 0 unspecified atom stereocenters. The van der Waals surface area contributed by atoms with E-state index in [1.807, 2.05) is 6.07 Å². The van der Waals surface area contributed by atoms with E-state index in [1.54, 1.807) is 75.4 Å². The van der Waals surface area contributed by atoms with Gasteiger partial charge in [-0.1, -0.05) is 88.2 Å². The van der Waals surface area contributed by atoms with Crippen LogP contribution in [0.3, 0.4) is 0 Å². The monoisotopic (exact) mass is 763 g/mol. The molecule has 0 radical (unpaired) electrons. The third-order valence-electron chi connectivity index (χ3n) is 7.16. The van der Waals surface area contributed by atoms with Gasteiger partial charge in [-0.25, -0.2) is 8.42 Å². The van der Waals surface area contributed by atoms with Crippen LogP contribution in [-0.2, 0) is 38.8 Å². The summed E-state index contributed by atoms with van der Waals surface area (Å²) in [4.78, 5) is 29.5. The number of hydrogen-bond acceptors (Lipinski definition) is 4. The maximum absolute atomic E-state index is 14.5. The molecule has 0 bridgehead atoms. The molecule has 13 heteroatoms. The van der Waals surface area contributed by atoms with E-state index in [9.17, 15) is 31.2 Å². The van der Waals surface area contributed by atoms with Gasteiger partial charge in [0.2, 0.25) is 11.8 Å². The largest absolute Gasteiger partial charge is 0.417 e. The Morgan fingerprint density at radius 2 is 1.46 bits per heavy atom. The fraction of sp³-hybridized carbons (Fsp3) is 0.257. The number of alkyl halides is 3. The van der Waals surface area contributed by atoms with Gasteiger partial charge in [-0.15, -0.1) is 0 Å². The lowest BCUT2D eigenvalue weighted by Gasteiger charge is -2.35. The Balaban J connectivity index is 1.87. The number of amides is 2. The molecule has 1 N–H and O–H groups in total. The molecule has 0 fully saturated rings. The second-order valence-electron chi connectivity index (χ2n) is 12.1. The molecule has 254 valence electrons. The number of sulfonamides is 1. The summed E-state index contributed by atoms with van der Waals surface area (Å²) < 4.78 is 71.3. The van der Waals surface area contributed by atoms with E-state index in [-0.39, 0.29) is 17.9 Å². The van der Waals surface area contributed by atoms with Crippen LogP contribution in [0.1, 0.15) is 37.5 Å². The van der Waals surface area contributed by atoms with Crippen molar-refractivity contribution in [2.75, 3.05) is 10.8 Å². The number of hydrogen-bond donors (Lipinski definition) is 1. The summed E-state index contributed by atoms with van der Waals surface area (Å²) in [5.74, 6) is -1.30. The Bertz CT molecular complexity index is 1850. The van der Waals surface area contributed by atoms with Gasteiger partial charge < -0.3 is 10.2 Å². The van der Waals surface area contributed by atoms with Gasteiger partial charge >= 0.3 is 6.18 Å². The highest BCUT2D eigenvalue weighted by molar-refractivity contribution is 9.10. The van der Waals surface area contributed by atoms with Crippen molar-refractivity contribution < 1.29 is 31.2 Å². The summed E-state index contributed by atoms with van der Waals surface area (Å²) in [6.45, 7) is 4.34. The molecule has 0 aliphatic rings. The van der Waals surface area contributed by atoms with Crippen molar-refractivity contribution in [3.63, 3.8) is 0 Å². The molecule has 0 aliphatic heterocycles. The van der Waals surface area contributed by atoms with Gasteiger partial charge in [0.25, 0.3) is 10.0 Å². The Hall–Kier alpha value is -3.87. The first-order valence-corrected chi connectivity index (χ1v) is 17.4. The average molecular weight is 765 g/mol. The first-order chi connectivity index (χ1) is 22.5. The van der Waals surface area contributed by atoms with Gasteiger partial charge in [-0.05, 0) is 74.4 Å². The van der Waals surface area contributed by atoms with Crippen LogP contribution in [0.2, 0.25) is 5.02 Å². The van der Waals surface area contributed by atoms with E-state index < -0.39 is 62.4 Å². The zero-order chi connectivity index (χ0) is 35.3. The molecule has 4 aromatic rings. The van der Waals surface area contributed by atoms with Crippen LogP contribution in [0, 0.1) is 0 Å². The molecule has 0 aromatic heterocycles. The third kappa shape index (κ3) is 9.61. The first kappa shape index (κ1) is 37.0. The smallest absolute Gasteiger partial charge is 0.350 e. The van der Waals surface area contributed by atoms with E-state index in [1.165, 1.54) is 29.2 Å². The first-order valence-electron chi connectivity index (χ1n) is 14.8. The van der Waals surface area contributed by atoms with Crippen molar-refractivity contribution in [2.45, 2.75) is 56.4 Å². The zero-order valence-corrected chi connectivity index (χ0v) is 29.5. The fourth-order valence-electron chi connectivity index (χ4n) is 4.97. The normalized spacial score (nSPS) is 12.7. The van der Waals surface area contributed by atoms with Crippen LogP contribution >= 0.6 is 27.5 Å². The number of benzene rings is 4. The number of anilines is 1. The molecular weight excluding hydrogens is 731 g/mol. The quantitative estimate of drug-likeness (QED) is 0.169. The van der Waals surface area contributed by atoms with Crippen molar-refractivity contribution in [3.8, 4) is 0 Å². The Kier molecular flexibility index (Phi) is 11.6. The Morgan fingerprint density at radius 3 is 2.04 bits per heavy atom. The molecule has 1 atom stereocenters. The van der Waals surface area contributed by atoms with Gasteiger partial charge in [0, 0.05) is 23.0 Å². The number of nitrogens with one attached hydrogen (secondary N) is 1. The summed E-state index contributed by atoms with van der Waals surface area (Å²) in [5, 5.41) is 2.30. The molecule has 0 saturated heterocycles. The molecule has 48 heavy (non-hydrogen) atoms. The van der Waals surface area contributed by atoms with Gasteiger partial charge in [0.05, 0.1) is 21.2 Å². The molecule has 7 nitrogen and oxygen atoms in total. The van der Waals surface area contributed by atoms with Crippen LogP contribution in [0.25, 0.3) is 0 Å². The van der Waals surface area contributed by atoms with Gasteiger partial charge in [0.1, 0.15) is 12.6 Å². The minimum absolute atomic E-state index is 0.0765. The van der Waals surface area contributed by atoms with Crippen LogP contribution in [0.5, 0.6) is 0 Å². The summed E-state index contributed by atoms with van der Waals surface area (Å²) in [7, 11) is -4.60. The van der Waals surface area contributed by atoms with Crippen LogP contribution in [0.15, 0.2) is 112 Å². The Morgan fingerprint density at radius 1 is 0.854 bits per heavy atom. The zero-order valence-electron chi connectivity index (χ0n) is 26.3. The minimum Gasteiger partial charge on any atom is -0.350 e. The van der Waals surface area contributed by atoms with Crippen LogP contribution < -0.4 is 9.62 Å². The van der Waals surface area contributed by atoms with Crippen molar-refractivity contribution in [3.05, 3.63) is 129 Å². The highest BCUT2D eigenvalue weighted by atomic mass is 79.9. The van der Waals surface area contributed by atoms with E-state index in [0.717, 1.165) is 17.7 Å². The molecule has 4 rings (SSSR count). The lowest BCUT2D eigenvalue weighted by atomic mass is 10.0. The van der Waals surface area contributed by atoms with Crippen LogP contribution in [0.4, 0.5) is 18.9 Å². The maximum Gasteiger partial charge on any atom is 0.417 e. The molecule has 0 heterocycles. The minimum atomic E-state index is -4.90. The molecule has 2 amide bonds. The second kappa shape index (κ2) is 15.1. The average Bonchev–Trinajstić information content (AvgIpc) is 3.01. The number of halogens is 5. The van der Waals surface area contributed by atoms with Gasteiger partial charge in [0.15, 0.2) is 0 Å². The SMILES string of the molecule is CC(C)(C)NC(=O)[C@H](Cc1ccccc1)N(Cc1cccc(Br)c1)C(=O)CN(c1ccc(Cl)c(C(F)(F)F)c1)S(=O)(=O)c1ccccc1. The molecular formula is C35H34BrClF3N3O4S. The number of carbonyl (C=O) groups is 2. The highest BCUT2D eigenvalue weighted by Gasteiger charge is 2.38. The molecule has 0 spiro atoms. The van der Waals surface area contributed by atoms with Crippen molar-refractivity contribution >= 4 is 55.1 Å². The lowest BCUT2D eigenvalue weighted by molar-refractivity contribution is -0.140. The van der Waals surface area contributed by atoms with Gasteiger partial charge in [-0.2, -0.15) is 13.2 Å². The highest BCUT2D eigenvalue weighted by Crippen LogP contribution is 2.38. The van der Waals surface area contributed by atoms with E-state index in [2.05, 4.69) is 21.2 Å². The molecule has 4 aromatic carbocycles. The van der Waals surface area contributed by atoms with Crippen molar-refractivity contribution in [2.24, 2.45) is 0 Å². The van der Waals surface area contributed by atoms with Gasteiger partial charge in [-0.3, -0.25) is 13.9 Å². The number of carbonyl (C=O) groups excluding carboxylic acids is 2. The summed E-state index contributed by atoms with van der Waals surface area (Å²) in [6, 6.07) is 24.6. The second-order valence-corrected chi connectivity index (χ2v) is 15.3. The van der Waals surface area contributed by atoms with E-state index in [4.69, 9.17) is 11.6 Å². The summed E-state index contributed by atoms with van der Waals surface area (Å²) >= 11 is 9.30. The number of nitrogens with zero attached hydrogens (tertiary/aromatic N) is 2. The lowest BCUT2D eigenvalue weighted by Crippen LogP contribution is -2.56. The maximum atomic E-state index is 14.5. The topological polar surface area (TPSA) is 86.8 Å². The Labute approximate surface area is 291 Å². The third-order valence-corrected chi connectivity index (χ3v) is 9.78. The predicted octanol–water partition coefficient (Wildman–Crippen LogP) is 7.87.